The molecule has 0 aromatic heterocycles. The molecular formula is C23H31N3O3S. The first-order valence-electron chi connectivity index (χ1n) is 10.9. The third-order valence-electron chi connectivity index (χ3n) is 6.70. The number of likely N-dealkylation sites (N-methyl/N-ethyl adjacent to an activating group) is 1. The van der Waals surface area contributed by atoms with Crippen LogP contribution in [0.1, 0.15) is 32.1 Å². The number of sulfonamides is 1. The van der Waals surface area contributed by atoms with E-state index in [4.69, 9.17) is 0 Å². The predicted molar refractivity (Wildman–Crippen MR) is 119 cm³/mol. The van der Waals surface area contributed by atoms with Gasteiger partial charge in [0, 0.05) is 26.2 Å². The third-order valence-corrected chi connectivity index (χ3v) is 8.16. The van der Waals surface area contributed by atoms with E-state index in [-0.39, 0.29) is 17.3 Å². The van der Waals surface area contributed by atoms with E-state index < -0.39 is 15.4 Å². The number of nitrogens with one attached hydrogen (secondary N) is 1. The summed E-state index contributed by atoms with van der Waals surface area (Å²) in [4.78, 5) is 17.8. The molecule has 7 heteroatoms. The van der Waals surface area contributed by atoms with E-state index in [2.05, 4.69) is 16.7 Å². The minimum absolute atomic E-state index is 0.217. The van der Waals surface area contributed by atoms with Crippen LogP contribution in [-0.2, 0) is 14.8 Å². The van der Waals surface area contributed by atoms with Crippen molar-refractivity contribution in [1.82, 2.24) is 14.5 Å². The van der Waals surface area contributed by atoms with Crippen LogP contribution in [0.2, 0.25) is 0 Å². The molecule has 6 nitrogen and oxygen atoms in total. The van der Waals surface area contributed by atoms with Gasteiger partial charge in [0.25, 0.3) is 0 Å². The summed E-state index contributed by atoms with van der Waals surface area (Å²) in [5, 5.41) is 1.91. The first kappa shape index (κ1) is 21.3. The maximum absolute atomic E-state index is 13.3. The summed E-state index contributed by atoms with van der Waals surface area (Å²) >= 11 is 0. The lowest BCUT2D eigenvalue weighted by molar-refractivity contribution is -0.147. The summed E-state index contributed by atoms with van der Waals surface area (Å²) < 4.78 is 28.4. The van der Waals surface area contributed by atoms with Crippen molar-refractivity contribution in [1.29, 1.82) is 0 Å². The van der Waals surface area contributed by atoms with E-state index in [1.807, 2.05) is 35.2 Å². The largest absolute Gasteiger partial charge is 0.341 e. The van der Waals surface area contributed by atoms with E-state index in [1.165, 1.54) is 0 Å². The number of benzene rings is 2. The molecule has 30 heavy (non-hydrogen) atoms. The summed E-state index contributed by atoms with van der Waals surface area (Å²) in [5.41, 5.74) is -0.394. The number of rotatable bonds is 6. The molecule has 2 aromatic rings. The van der Waals surface area contributed by atoms with E-state index in [9.17, 15) is 13.2 Å². The fraction of sp³-hybridized carbons (Fsp3) is 0.522. The van der Waals surface area contributed by atoms with Gasteiger partial charge in [0.15, 0.2) is 0 Å². The fourth-order valence-corrected chi connectivity index (χ4v) is 5.67. The number of amides is 1. The summed E-state index contributed by atoms with van der Waals surface area (Å²) in [5.74, 6) is 0.217. The van der Waals surface area contributed by atoms with Crippen molar-refractivity contribution in [2.45, 2.75) is 37.0 Å². The average Bonchev–Trinajstić information content (AvgIpc) is 2.93. The van der Waals surface area contributed by atoms with Gasteiger partial charge in [-0.05, 0) is 62.2 Å². The van der Waals surface area contributed by atoms with Crippen LogP contribution in [0, 0.1) is 5.41 Å². The highest BCUT2D eigenvalue weighted by atomic mass is 32.2. The standard InChI is InChI=1S/C23H31N3O3S/c1-25-14-5-15-26(17-16-25)22(27)23(10-4-11-23)12-13-24-30(28,29)21-9-8-19-6-2-3-7-20(19)18-21/h2-3,6-9,18,24H,4-5,10-17H2,1H3. The van der Waals surface area contributed by atoms with Crippen LogP contribution in [0.15, 0.2) is 47.4 Å². The zero-order valence-electron chi connectivity index (χ0n) is 17.6. The van der Waals surface area contributed by atoms with Crippen LogP contribution in [0.4, 0.5) is 0 Å². The van der Waals surface area contributed by atoms with Gasteiger partial charge in [-0.1, -0.05) is 36.8 Å². The Bertz CT molecular complexity index is 1020. The monoisotopic (exact) mass is 429 g/mol. The zero-order chi connectivity index (χ0) is 21.2. The second kappa shape index (κ2) is 8.65. The van der Waals surface area contributed by atoms with E-state index in [0.29, 0.717) is 6.42 Å². The molecule has 0 bridgehead atoms. The molecule has 0 unspecified atom stereocenters. The van der Waals surface area contributed by atoms with Crippen LogP contribution in [0.3, 0.4) is 0 Å². The lowest BCUT2D eigenvalue weighted by Gasteiger charge is -2.43. The van der Waals surface area contributed by atoms with Crippen molar-refractivity contribution in [3.63, 3.8) is 0 Å². The second-order valence-electron chi connectivity index (χ2n) is 8.74. The molecule has 2 aromatic carbocycles. The van der Waals surface area contributed by atoms with Crippen molar-refractivity contribution >= 4 is 26.7 Å². The third kappa shape index (κ3) is 4.38. The van der Waals surface area contributed by atoms with E-state index in [0.717, 1.165) is 62.6 Å². The van der Waals surface area contributed by atoms with Gasteiger partial charge in [-0.3, -0.25) is 4.79 Å². The molecule has 1 saturated carbocycles. The highest BCUT2D eigenvalue weighted by Gasteiger charge is 2.45. The van der Waals surface area contributed by atoms with Gasteiger partial charge in [0.2, 0.25) is 15.9 Å². The highest BCUT2D eigenvalue weighted by molar-refractivity contribution is 7.89. The molecule has 0 radical (unpaired) electrons. The Hall–Kier alpha value is -1.96. The summed E-state index contributed by atoms with van der Waals surface area (Å²) in [6.45, 7) is 3.76. The Morgan fingerprint density at radius 3 is 2.50 bits per heavy atom. The van der Waals surface area contributed by atoms with Crippen molar-refractivity contribution in [3.05, 3.63) is 42.5 Å². The minimum atomic E-state index is -3.60. The molecular weight excluding hydrogens is 398 g/mol. The van der Waals surface area contributed by atoms with Crippen LogP contribution in [0.5, 0.6) is 0 Å². The number of nitrogens with zero attached hydrogens (tertiary/aromatic N) is 2. The molecule has 1 N–H and O–H groups in total. The van der Waals surface area contributed by atoms with Crippen LogP contribution < -0.4 is 4.72 Å². The average molecular weight is 430 g/mol. The lowest BCUT2D eigenvalue weighted by Crippen LogP contribution is -2.50. The molecule has 0 spiro atoms. The Balaban J connectivity index is 1.40. The summed E-state index contributed by atoms with van der Waals surface area (Å²) in [6.07, 6.45) is 4.31. The van der Waals surface area contributed by atoms with Gasteiger partial charge in [0.1, 0.15) is 0 Å². The molecule has 1 saturated heterocycles. The molecule has 1 aliphatic carbocycles. The summed E-state index contributed by atoms with van der Waals surface area (Å²) in [7, 11) is -1.51. The van der Waals surface area contributed by atoms with Gasteiger partial charge >= 0.3 is 0 Å². The zero-order valence-corrected chi connectivity index (χ0v) is 18.5. The highest BCUT2D eigenvalue weighted by Crippen LogP contribution is 2.45. The number of hydrogen-bond donors (Lipinski definition) is 1. The molecule has 1 heterocycles. The first-order chi connectivity index (χ1) is 14.4. The number of carbonyl (C=O) groups excluding carboxylic acids is 1. The summed E-state index contributed by atoms with van der Waals surface area (Å²) in [6, 6.07) is 12.9. The lowest BCUT2D eigenvalue weighted by atomic mass is 9.65. The Kier molecular flexibility index (Phi) is 6.14. The van der Waals surface area contributed by atoms with Crippen LogP contribution >= 0.6 is 0 Å². The van der Waals surface area contributed by atoms with Crippen molar-refractivity contribution in [2.75, 3.05) is 39.8 Å². The molecule has 2 aliphatic rings. The first-order valence-corrected chi connectivity index (χ1v) is 12.3. The molecule has 0 atom stereocenters. The predicted octanol–water partition coefficient (Wildman–Crippen LogP) is 2.84. The Morgan fingerprint density at radius 1 is 1.00 bits per heavy atom. The fourth-order valence-electron chi connectivity index (χ4n) is 4.60. The number of carbonyl (C=O) groups is 1. The number of hydrogen-bond acceptors (Lipinski definition) is 4. The second-order valence-corrected chi connectivity index (χ2v) is 10.5. The molecule has 2 fully saturated rings. The topological polar surface area (TPSA) is 69.7 Å². The quantitative estimate of drug-likeness (QED) is 0.767. The van der Waals surface area contributed by atoms with Crippen molar-refractivity contribution < 1.29 is 13.2 Å². The molecule has 1 amide bonds. The Labute approximate surface area is 179 Å². The van der Waals surface area contributed by atoms with Crippen molar-refractivity contribution in [3.8, 4) is 0 Å². The van der Waals surface area contributed by atoms with Crippen LogP contribution in [-0.4, -0.2) is 63.9 Å². The van der Waals surface area contributed by atoms with E-state index >= 15 is 0 Å². The Morgan fingerprint density at radius 2 is 1.77 bits per heavy atom. The van der Waals surface area contributed by atoms with Crippen LogP contribution in [0.25, 0.3) is 10.8 Å². The maximum Gasteiger partial charge on any atom is 0.240 e. The SMILES string of the molecule is CN1CCCN(C(=O)C2(CCNS(=O)(=O)c3ccc4ccccc4c3)CCC2)CC1. The number of fused-ring (bicyclic) bond motifs is 1. The van der Waals surface area contributed by atoms with Gasteiger partial charge in [0.05, 0.1) is 10.3 Å². The van der Waals surface area contributed by atoms with Gasteiger partial charge in [-0.25, -0.2) is 13.1 Å². The minimum Gasteiger partial charge on any atom is -0.341 e. The molecule has 162 valence electrons. The van der Waals surface area contributed by atoms with Crippen molar-refractivity contribution in [2.24, 2.45) is 5.41 Å². The van der Waals surface area contributed by atoms with Gasteiger partial charge in [-0.15, -0.1) is 0 Å². The smallest absolute Gasteiger partial charge is 0.240 e. The van der Waals surface area contributed by atoms with Gasteiger partial charge < -0.3 is 9.80 Å². The van der Waals surface area contributed by atoms with E-state index in [1.54, 1.807) is 12.1 Å². The van der Waals surface area contributed by atoms with Gasteiger partial charge in [-0.2, -0.15) is 0 Å². The molecule has 1 aliphatic heterocycles. The molecule has 4 rings (SSSR count). The normalized spacial score (nSPS) is 20.0. The maximum atomic E-state index is 13.3.